The minimum absolute atomic E-state index is 0. The van der Waals surface area contributed by atoms with Crippen molar-refractivity contribution in [2.45, 2.75) is 32.9 Å². The van der Waals surface area contributed by atoms with Crippen molar-refractivity contribution in [2.75, 3.05) is 26.4 Å². The van der Waals surface area contributed by atoms with Gasteiger partial charge in [0.05, 0.1) is 31.2 Å². The van der Waals surface area contributed by atoms with Crippen LogP contribution in [0.5, 0.6) is 0 Å². The highest BCUT2D eigenvalue weighted by molar-refractivity contribution is 14.0. The number of nitrogens with one attached hydrogen (secondary N) is 3. The molecule has 0 unspecified atom stereocenters. The Hall–Kier alpha value is -1.66. The minimum atomic E-state index is -3.30. The minimum Gasteiger partial charge on any atom is -0.357 e. The molecular weight excluding hydrogens is 503 g/mol. The van der Waals surface area contributed by atoms with E-state index in [0.717, 1.165) is 23.3 Å². The van der Waals surface area contributed by atoms with E-state index in [9.17, 15) is 8.42 Å². The Kier molecular flexibility index (Phi) is 9.56. The number of guanidine groups is 1. The van der Waals surface area contributed by atoms with Crippen LogP contribution in [-0.4, -0.2) is 61.2 Å². The highest BCUT2D eigenvalue weighted by Crippen LogP contribution is 2.16. The average molecular weight is 534 g/mol. The molecule has 0 aliphatic rings. The third-order valence-corrected chi connectivity index (χ3v) is 4.81. The number of aromatic nitrogens is 2. The van der Waals surface area contributed by atoms with Gasteiger partial charge in [0.25, 0.3) is 0 Å². The number of hydrogen-bond donors (Lipinski definition) is 3. The van der Waals surface area contributed by atoms with Crippen LogP contribution in [-0.2, 0) is 16.6 Å². The van der Waals surface area contributed by atoms with E-state index in [1.807, 2.05) is 55.4 Å². The number of aromatic amines is 1. The lowest BCUT2D eigenvalue weighted by Gasteiger charge is -2.26. The third kappa shape index (κ3) is 8.70. The Morgan fingerprint density at radius 1 is 1.28 bits per heavy atom. The normalized spacial score (nSPS) is 12.4. The summed E-state index contributed by atoms with van der Waals surface area (Å²) in [6.07, 6.45) is 2.97. The highest BCUT2D eigenvalue weighted by atomic mass is 127. The Morgan fingerprint density at radius 2 is 1.93 bits per heavy atom. The van der Waals surface area contributed by atoms with E-state index in [1.165, 1.54) is 0 Å². The van der Waals surface area contributed by atoms with Gasteiger partial charge in [-0.05, 0) is 26.3 Å². The first kappa shape index (κ1) is 25.4. The summed E-state index contributed by atoms with van der Waals surface area (Å²) in [5, 5.41) is 3.23. The van der Waals surface area contributed by atoms with Gasteiger partial charge in [0.15, 0.2) is 5.96 Å². The number of rotatable bonds is 8. The number of sulfonamides is 1. The van der Waals surface area contributed by atoms with Gasteiger partial charge in [-0.3, -0.25) is 4.99 Å². The van der Waals surface area contributed by atoms with E-state index in [2.05, 4.69) is 25.0 Å². The first-order valence-electron chi connectivity index (χ1n) is 9.17. The molecule has 10 heteroatoms. The molecule has 0 aliphatic carbocycles. The van der Waals surface area contributed by atoms with Gasteiger partial charge in [0.1, 0.15) is 5.82 Å². The predicted molar refractivity (Wildman–Crippen MR) is 129 cm³/mol. The van der Waals surface area contributed by atoms with Crippen molar-refractivity contribution in [3.63, 3.8) is 0 Å². The molecule has 8 nitrogen and oxygen atoms in total. The summed E-state index contributed by atoms with van der Waals surface area (Å²) in [5.74, 6) is 1.50. The van der Waals surface area contributed by atoms with E-state index in [0.29, 0.717) is 25.6 Å². The molecule has 0 atom stereocenters. The molecule has 1 aromatic heterocycles. The summed E-state index contributed by atoms with van der Waals surface area (Å²) in [6.45, 7) is 7.15. The number of imidazole rings is 1. The fraction of sp³-hybridized carbons (Fsp3) is 0.474. The van der Waals surface area contributed by atoms with Crippen molar-refractivity contribution in [1.82, 2.24) is 24.9 Å². The molecule has 0 aliphatic heterocycles. The number of H-pyrrole nitrogens is 1. The van der Waals surface area contributed by atoms with E-state index in [4.69, 9.17) is 0 Å². The maximum Gasteiger partial charge on any atom is 0.209 e. The zero-order chi connectivity index (χ0) is 20.8. The fourth-order valence-corrected chi connectivity index (χ4v) is 3.85. The van der Waals surface area contributed by atoms with Crippen LogP contribution in [0.1, 0.15) is 26.6 Å². The number of benzene rings is 1. The van der Waals surface area contributed by atoms with Crippen molar-refractivity contribution in [3.8, 4) is 11.3 Å². The van der Waals surface area contributed by atoms with Crippen LogP contribution in [0.15, 0.2) is 41.5 Å². The highest BCUT2D eigenvalue weighted by Gasteiger charge is 2.22. The summed E-state index contributed by atoms with van der Waals surface area (Å²) in [7, 11) is -1.38. The smallest absolute Gasteiger partial charge is 0.209 e. The zero-order valence-corrected chi connectivity index (χ0v) is 20.7. The molecule has 1 heterocycles. The monoisotopic (exact) mass is 534 g/mol. The first-order chi connectivity index (χ1) is 13.1. The second-order valence-electron chi connectivity index (χ2n) is 7.39. The maximum absolute atomic E-state index is 11.5. The molecule has 0 bridgehead atoms. The van der Waals surface area contributed by atoms with Crippen molar-refractivity contribution in [3.05, 3.63) is 42.4 Å². The summed E-state index contributed by atoms with van der Waals surface area (Å²) in [6, 6.07) is 10.0. The van der Waals surface area contributed by atoms with E-state index in [-0.39, 0.29) is 24.0 Å². The van der Waals surface area contributed by atoms with Crippen LogP contribution in [0.3, 0.4) is 0 Å². The molecule has 29 heavy (non-hydrogen) atoms. The molecular formula is C19H31IN6O2S. The van der Waals surface area contributed by atoms with Crippen LogP contribution in [0.25, 0.3) is 11.3 Å². The number of halogens is 1. The van der Waals surface area contributed by atoms with Gasteiger partial charge in [-0.15, -0.1) is 24.0 Å². The molecule has 162 valence electrons. The topological polar surface area (TPSA) is 102 Å². The van der Waals surface area contributed by atoms with E-state index in [1.54, 1.807) is 13.8 Å². The molecule has 1 aromatic carbocycles. The van der Waals surface area contributed by atoms with Gasteiger partial charge < -0.3 is 15.2 Å². The van der Waals surface area contributed by atoms with E-state index >= 15 is 0 Å². The molecule has 2 aromatic rings. The molecule has 0 radical (unpaired) electrons. The molecule has 0 spiro atoms. The Bertz CT molecular complexity index is 896. The van der Waals surface area contributed by atoms with Crippen molar-refractivity contribution >= 4 is 40.0 Å². The van der Waals surface area contributed by atoms with Gasteiger partial charge in [-0.1, -0.05) is 30.3 Å². The van der Waals surface area contributed by atoms with Crippen LogP contribution >= 0.6 is 24.0 Å². The Labute approximate surface area is 190 Å². The molecule has 0 fully saturated rings. The van der Waals surface area contributed by atoms with Crippen LogP contribution in [0, 0.1) is 0 Å². The molecule has 2 rings (SSSR count). The fourth-order valence-electron chi connectivity index (χ4n) is 2.78. The van der Waals surface area contributed by atoms with Crippen LogP contribution in [0.2, 0.25) is 0 Å². The number of nitrogens with zero attached hydrogens (tertiary/aromatic N) is 3. The van der Waals surface area contributed by atoms with Gasteiger partial charge in [-0.25, -0.2) is 18.1 Å². The second-order valence-corrected chi connectivity index (χ2v) is 9.14. The first-order valence-corrected chi connectivity index (χ1v) is 11.1. The lowest BCUT2D eigenvalue weighted by Crippen LogP contribution is -2.47. The molecule has 3 N–H and O–H groups in total. The van der Waals surface area contributed by atoms with Crippen LogP contribution < -0.4 is 10.0 Å². The van der Waals surface area contributed by atoms with Crippen molar-refractivity contribution < 1.29 is 8.42 Å². The maximum atomic E-state index is 11.5. The third-order valence-electron chi connectivity index (χ3n) is 3.88. The summed E-state index contributed by atoms with van der Waals surface area (Å²) < 4.78 is 25.6. The second kappa shape index (κ2) is 10.9. The number of hydrogen-bond acceptors (Lipinski definition) is 4. The number of aliphatic imine (C=N–C) groups is 1. The predicted octanol–water partition coefficient (Wildman–Crippen LogP) is 2.42. The average Bonchev–Trinajstić information content (AvgIpc) is 3.05. The van der Waals surface area contributed by atoms with Crippen molar-refractivity contribution in [1.29, 1.82) is 0 Å². The standard InChI is InChI=1S/C19H30N6O2S.HI/c1-6-20-18(22-14-19(2,3)24-28(5,26)27)25(4)13-17-21-12-16(23-17)15-10-8-7-9-11-15;/h7-12,24H,6,13-14H2,1-5H3,(H,20,22)(H,21,23);1H. The Balaban J connectivity index is 0.00000420. The molecule has 0 saturated heterocycles. The molecule has 0 amide bonds. The van der Waals surface area contributed by atoms with Crippen molar-refractivity contribution in [2.24, 2.45) is 4.99 Å². The van der Waals surface area contributed by atoms with Gasteiger partial charge in [0.2, 0.25) is 10.0 Å². The summed E-state index contributed by atoms with van der Waals surface area (Å²) >= 11 is 0. The largest absolute Gasteiger partial charge is 0.357 e. The summed E-state index contributed by atoms with van der Waals surface area (Å²) in [4.78, 5) is 14.3. The van der Waals surface area contributed by atoms with Gasteiger partial charge in [0, 0.05) is 19.1 Å². The Morgan fingerprint density at radius 3 is 2.52 bits per heavy atom. The quantitative estimate of drug-likeness (QED) is 0.274. The molecule has 0 saturated carbocycles. The SMILES string of the molecule is CCNC(=NCC(C)(C)NS(C)(=O)=O)N(C)Cc1ncc(-c2ccccc2)[nH]1.I. The van der Waals surface area contributed by atoms with Gasteiger partial charge in [-0.2, -0.15) is 0 Å². The van der Waals surface area contributed by atoms with E-state index < -0.39 is 15.6 Å². The van der Waals surface area contributed by atoms with Gasteiger partial charge >= 0.3 is 0 Å². The lowest BCUT2D eigenvalue weighted by atomic mass is 10.1. The lowest BCUT2D eigenvalue weighted by molar-refractivity contribution is 0.441. The zero-order valence-electron chi connectivity index (χ0n) is 17.6. The summed E-state index contributed by atoms with van der Waals surface area (Å²) in [5.41, 5.74) is 1.36. The van der Waals surface area contributed by atoms with Crippen LogP contribution in [0.4, 0.5) is 0 Å².